The molecule has 7 heteroatoms. The lowest BCUT2D eigenvalue weighted by atomic mass is 10.2. The monoisotopic (exact) mass is 348 g/mol. The van der Waals surface area contributed by atoms with E-state index in [1.807, 2.05) is 0 Å². The lowest BCUT2D eigenvalue weighted by Crippen LogP contribution is -2.17. The summed E-state index contributed by atoms with van der Waals surface area (Å²) in [6.07, 6.45) is 0. The average Bonchev–Trinajstić information content (AvgIpc) is 2.56. The van der Waals surface area contributed by atoms with Crippen molar-refractivity contribution in [2.75, 3.05) is 30.1 Å². The zero-order valence-electron chi connectivity index (χ0n) is 13.0. The third-order valence-corrected chi connectivity index (χ3v) is 3.92. The van der Waals surface area contributed by atoms with Crippen LogP contribution in [0.15, 0.2) is 53.4 Å². The van der Waals surface area contributed by atoms with Crippen LogP contribution in [0.5, 0.6) is 0 Å². The van der Waals surface area contributed by atoms with Gasteiger partial charge in [-0.15, -0.1) is 11.8 Å². The van der Waals surface area contributed by atoms with Crippen molar-refractivity contribution in [3.8, 4) is 0 Å². The molecule has 0 heterocycles. The highest BCUT2D eigenvalue weighted by molar-refractivity contribution is 8.00. The molecule has 0 aliphatic rings. The molecule has 2 aromatic carbocycles. The van der Waals surface area contributed by atoms with E-state index in [1.54, 1.807) is 36.4 Å². The highest BCUT2D eigenvalue weighted by atomic mass is 32.2. The van der Waals surface area contributed by atoms with E-state index < -0.39 is 0 Å². The summed E-state index contributed by atoms with van der Waals surface area (Å²) in [5, 5.41) is 5.42. The maximum absolute atomic E-state index is 12.8. The van der Waals surface area contributed by atoms with Gasteiger partial charge in [-0.25, -0.2) is 4.39 Å². The molecule has 0 aliphatic heterocycles. The summed E-state index contributed by atoms with van der Waals surface area (Å²) < 4.78 is 17.5. The van der Waals surface area contributed by atoms with E-state index in [2.05, 4.69) is 10.6 Å². The number of rotatable bonds is 7. The topological polar surface area (TPSA) is 67.4 Å². The van der Waals surface area contributed by atoms with Crippen LogP contribution < -0.4 is 10.6 Å². The fraction of sp³-hybridized carbons (Fsp3) is 0.176. The number of ether oxygens (including phenoxy) is 1. The summed E-state index contributed by atoms with van der Waals surface area (Å²) in [5.74, 6) is -0.496. The van der Waals surface area contributed by atoms with E-state index in [0.29, 0.717) is 11.4 Å². The number of methoxy groups -OCH3 is 1. The molecule has 0 aliphatic carbocycles. The minimum Gasteiger partial charge on any atom is -0.375 e. The molecule has 2 amide bonds. The van der Waals surface area contributed by atoms with E-state index in [4.69, 9.17) is 4.74 Å². The van der Waals surface area contributed by atoms with Gasteiger partial charge in [0.25, 0.3) is 0 Å². The molecule has 0 atom stereocenters. The first-order valence-corrected chi connectivity index (χ1v) is 8.12. The highest BCUT2D eigenvalue weighted by Crippen LogP contribution is 2.19. The zero-order valence-corrected chi connectivity index (χ0v) is 13.9. The van der Waals surface area contributed by atoms with Gasteiger partial charge in [-0.1, -0.05) is 0 Å². The zero-order chi connectivity index (χ0) is 17.4. The van der Waals surface area contributed by atoms with Crippen molar-refractivity contribution in [3.63, 3.8) is 0 Å². The number of benzene rings is 2. The van der Waals surface area contributed by atoms with Crippen molar-refractivity contribution in [2.24, 2.45) is 0 Å². The van der Waals surface area contributed by atoms with Gasteiger partial charge in [0.15, 0.2) is 0 Å². The van der Waals surface area contributed by atoms with Gasteiger partial charge in [0.05, 0.1) is 5.75 Å². The molecule has 24 heavy (non-hydrogen) atoms. The van der Waals surface area contributed by atoms with Crippen molar-refractivity contribution in [1.82, 2.24) is 0 Å². The van der Waals surface area contributed by atoms with Gasteiger partial charge in [-0.05, 0) is 48.5 Å². The third-order valence-electron chi connectivity index (χ3n) is 2.91. The molecule has 2 rings (SSSR count). The van der Waals surface area contributed by atoms with Crippen LogP contribution in [0.2, 0.25) is 0 Å². The number of carbonyl (C=O) groups is 2. The first kappa shape index (κ1) is 18.0. The van der Waals surface area contributed by atoms with E-state index in [0.717, 1.165) is 4.90 Å². The molecular formula is C17H17FN2O3S. The maximum atomic E-state index is 12.8. The molecule has 0 spiro atoms. The molecule has 5 nitrogen and oxygen atoms in total. The summed E-state index contributed by atoms with van der Waals surface area (Å²) in [5.41, 5.74) is 1.25. The Morgan fingerprint density at radius 2 is 1.50 bits per heavy atom. The maximum Gasteiger partial charge on any atom is 0.250 e. The van der Waals surface area contributed by atoms with Crippen LogP contribution in [0.4, 0.5) is 15.8 Å². The first-order valence-electron chi connectivity index (χ1n) is 7.14. The van der Waals surface area contributed by atoms with Crippen LogP contribution in [0, 0.1) is 5.82 Å². The number of thioether (sulfide) groups is 1. The summed E-state index contributed by atoms with van der Waals surface area (Å²) in [4.78, 5) is 24.1. The molecule has 0 bridgehead atoms. The number of nitrogens with one attached hydrogen (secondary N) is 2. The lowest BCUT2D eigenvalue weighted by molar-refractivity contribution is -0.119. The van der Waals surface area contributed by atoms with Gasteiger partial charge in [-0.2, -0.15) is 0 Å². The molecule has 126 valence electrons. The van der Waals surface area contributed by atoms with Gasteiger partial charge in [0, 0.05) is 23.4 Å². The van der Waals surface area contributed by atoms with Crippen molar-refractivity contribution in [1.29, 1.82) is 0 Å². The van der Waals surface area contributed by atoms with Gasteiger partial charge in [0.2, 0.25) is 11.8 Å². The molecule has 2 aromatic rings. The lowest BCUT2D eigenvalue weighted by Gasteiger charge is -2.08. The Bertz CT molecular complexity index is 690. The minimum atomic E-state index is -0.304. The van der Waals surface area contributed by atoms with Gasteiger partial charge in [0.1, 0.15) is 12.4 Å². The Labute approximate surface area is 143 Å². The van der Waals surface area contributed by atoms with Gasteiger partial charge >= 0.3 is 0 Å². The fourth-order valence-corrected chi connectivity index (χ4v) is 2.54. The quantitative estimate of drug-likeness (QED) is 0.755. The second kappa shape index (κ2) is 9.05. The third kappa shape index (κ3) is 6.02. The highest BCUT2D eigenvalue weighted by Gasteiger charge is 2.05. The van der Waals surface area contributed by atoms with E-state index in [9.17, 15) is 14.0 Å². The van der Waals surface area contributed by atoms with Gasteiger partial charge < -0.3 is 15.4 Å². The molecule has 0 unspecified atom stereocenters. The van der Waals surface area contributed by atoms with Crippen LogP contribution in [-0.2, 0) is 14.3 Å². The average molecular weight is 348 g/mol. The fourth-order valence-electron chi connectivity index (χ4n) is 1.84. The Kier molecular flexibility index (Phi) is 6.77. The smallest absolute Gasteiger partial charge is 0.250 e. The molecule has 0 saturated carbocycles. The number of halogens is 1. The summed E-state index contributed by atoms with van der Waals surface area (Å²) in [7, 11) is 1.45. The van der Waals surface area contributed by atoms with Crippen LogP contribution in [0.3, 0.4) is 0 Å². The number of hydrogen-bond acceptors (Lipinski definition) is 4. The Hall–Kier alpha value is -2.38. The largest absolute Gasteiger partial charge is 0.375 e. The van der Waals surface area contributed by atoms with Crippen molar-refractivity contribution in [2.45, 2.75) is 4.90 Å². The van der Waals surface area contributed by atoms with Crippen molar-refractivity contribution in [3.05, 3.63) is 54.3 Å². The Morgan fingerprint density at radius 1 is 0.958 bits per heavy atom. The normalized spacial score (nSPS) is 10.2. The van der Waals surface area contributed by atoms with Crippen LogP contribution in [-0.4, -0.2) is 31.3 Å². The van der Waals surface area contributed by atoms with Gasteiger partial charge in [-0.3, -0.25) is 9.59 Å². The second-order valence-electron chi connectivity index (χ2n) is 4.85. The van der Waals surface area contributed by atoms with Crippen LogP contribution in [0.25, 0.3) is 0 Å². The van der Waals surface area contributed by atoms with E-state index >= 15 is 0 Å². The number of amides is 2. The molecule has 2 N–H and O–H groups in total. The minimum absolute atomic E-state index is 0.0148. The van der Waals surface area contributed by atoms with Crippen LogP contribution in [0.1, 0.15) is 0 Å². The van der Waals surface area contributed by atoms with E-state index in [-0.39, 0.29) is 30.0 Å². The Morgan fingerprint density at radius 3 is 2.04 bits per heavy atom. The van der Waals surface area contributed by atoms with Crippen molar-refractivity contribution < 1.29 is 18.7 Å². The number of hydrogen-bond donors (Lipinski definition) is 2. The molecule has 0 aromatic heterocycles. The number of anilines is 2. The Balaban J connectivity index is 1.81. The van der Waals surface area contributed by atoms with E-state index in [1.165, 1.54) is 31.0 Å². The SMILES string of the molecule is COCC(=O)Nc1ccc(NC(=O)CSc2ccc(F)cc2)cc1. The van der Waals surface area contributed by atoms with Crippen LogP contribution >= 0.6 is 11.8 Å². The summed E-state index contributed by atoms with van der Waals surface area (Å²) in [6.45, 7) is -0.0148. The standard InChI is InChI=1S/C17H17FN2O3S/c1-23-10-16(21)19-13-4-6-14(7-5-13)20-17(22)11-24-15-8-2-12(18)3-9-15/h2-9H,10-11H2,1H3,(H,19,21)(H,20,22). The second-order valence-corrected chi connectivity index (χ2v) is 5.90. The summed E-state index contributed by atoms with van der Waals surface area (Å²) >= 11 is 1.32. The molecule has 0 saturated heterocycles. The molecule has 0 fully saturated rings. The molecule has 0 radical (unpaired) electrons. The predicted octanol–water partition coefficient (Wildman–Crippen LogP) is 3.14. The van der Waals surface area contributed by atoms with Crippen molar-refractivity contribution >= 4 is 35.0 Å². The number of carbonyl (C=O) groups excluding carboxylic acids is 2. The molecular weight excluding hydrogens is 331 g/mol. The predicted molar refractivity (Wildman–Crippen MR) is 92.7 cm³/mol. The first-order chi connectivity index (χ1) is 11.6. The summed E-state index contributed by atoms with van der Waals surface area (Å²) in [6, 6.07) is 12.8.